The summed E-state index contributed by atoms with van der Waals surface area (Å²) in [5.41, 5.74) is 0.190. The van der Waals surface area contributed by atoms with E-state index in [1.807, 2.05) is 0 Å². The predicted molar refractivity (Wildman–Crippen MR) is 122 cm³/mol. The Kier molecular flexibility index (Phi) is 7.35. The van der Waals surface area contributed by atoms with E-state index in [-0.39, 0.29) is 34.6 Å². The van der Waals surface area contributed by atoms with Gasteiger partial charge in [0.25, 0.3) is 5.91 Å². The van der Waals surface area contributed by atoms with Crippen LogP contribution in [0.5, 0.6) is 0 Å². The fourth-order valence-corrected chi connectivity index (χ4v) is 6.17. The number of furan rings is 1. The van der Waals surface area contributed by atoms with Gasteiger partial charge in [-0.3, -0.25) is 28.6 Å². The van der Waals surface area contributed by atoms with Crippen molar-refractivity contribution in [2.45, 2.75) is 36.0 Å². The summed E-state index contributed by atoms with van der Waals surface area (Å²) < 4.78 is 6.26. The average Bonchev–Trinajstić information content (AvgIpc) is 3.45. The molecule has 0 radical (unpaired) electrons. The van der Waals surface area contributed by atoms with Gasteiger partial charge in [-0.2, -0.15) is 0 Å². The average molecular weight is 538 g/mol. The number of hydrogen-bond donors (Lipinski definition) is 4. The molecular formula is C20H19N5O9S2. The second-order valence-electron chi connectivity index (χ2n) is 7.71. The van der Waals surface area contributed by atoms with Crippen molar-refractivity contribution in [1.29, 1.82) is 0 Å². The van der Waals surface area contributed by atoms with Gasteiger partial charge < -0.3 is 25.1 Å². The number of aliphatic carboxylic acids is 3. The van der Waals surface area contributed by atoms with Crippen molar-refractivity contribution in [3.05, 3.63) is 41.3 Å². The van der Waals surface area contributed by atoms with Gasteiger partial charge in [-0.25, -0.2) is 4.79 Å². The molecule has 2 aliphatic heterocycles. The Labute approximate surface area is 210 Å². The summed E-state index contributed by atoms with van der Waals surface area (Å²) in [6.45, 7) is -0.566. The molecule has 16 heteroatoms. The molecule has 4 rings (SSSR count). The molecule has 2 atom stereocenters. The van der Waals surface area contributed by atoms with E-state index in [4.69, 9.17) is 14.6 Å². The minimum Gasteiger partial charge on any atom is -0.481 e. The molecule has 2 aromatic heterocycles. The van der Waals surface area contributed by atoms with E-state index in [1.54, 1.807) is 12.1 Å². The molecule has 1 saturated heterocycles. The Balaban J connectivity index is 1.47. The van der Waals surface area contributed by atoms with E-state index in [2.05, 4.69) is 15.5 Å². The van der Waals surface area contributed by atoms with E-state index in [1.165, 1.54) is 18.0 Å². The lowest BCUT2D eigenvalue weighted by Gasteiger charge is -2.49. The maximum atomic E-state index is 12.8. The highest BCUT2D eigenvalue weighted by Gasteiger charge is 2.54. The summed E-state index contributed by atoms with van der Waals surface area (Å²) >= 11 is 2.27. The van der Waals surface area contributed by atoms with Crippen LogP contribution in [0.3, 0.4) is 0 Å². The van der Waals surface area contributed by atoms with Gasteiger partial charge >= 0.3 is 17.9 Å². The number of amides is 2. The number of nitrogens with zero attached hydrogens (tertiary/aromatic N) is 4. The zero-order chi connectivity index (χ0) is 26.0. The van der Waals surface area contributed by atoms with Gasteiger partial charge in [-0.05, 0) is 17.7 Å². The number of rotatable bonds is 11. The molecule has 36 heavy (non-hydrogen) atoms. The van der Waals surface area contributed by atoms with E-state index >= 15 is 0 Å². The van der Waals surface area contributed by atoms with Crippen molar-refractivity contribution >= 4 is 53.2 Å². The first-order chi connectivity index (χ1) is 17.2. The molecule has 2 aliphatic rings. The van der Waals surface area contributed by atoms with Crippen molar-refractivity contribution < 1.29 is 43.7 Å². The van der Waals surface area contributed by atoms with Crippen molar-refractivity contribution in [3.8, 4) is 0 Å². The van der Waals surface area contributed by atoms with E-state index in [0.29, 0.717) is 11.3 Å². The molecule has 0 aliphatic carbocycles. The van der Waals surface area contributed by atoms with Crippen LogP contribution in [-0.2, 0) is 43.4 Å². The summed E-state index contributed by atoms with van der Waals surface area (Å²) in [7, 11) is 0. The Hall–Kier alpha value is -3.79. The van der Waals surface area contributed by atoms with Crippen molar-refractivity contribution in [2.24, 2.45) is 0 Å². The second-order valence-corrected chi connectivity index (χ2v) is 9.75. The summed E-state index contributed by atoms with van der Waals surface area (Å²) in [5.74, 6) is -4.08. The van der Waals surface area contributed by atoms with Gasteiger partial charge in [-0.15, -0.1) is 22.0 Å². The third-order valence-electron chi connectivity index (χ3n) is 5.25. The fourth-order valence-electron chi connectivity index (χ4n) is 3.73. The topological polar surface area (TPSA) is 205 Å². The van der Waals surface area contributed by atoms with Gasteiger partial charge in [-0.1, -0.05) is 11.8 Å². The molecular weight excluding hydrogens is 518 g/mol. The van der Waals surface area contributed by atoms with Crippen LogP contribution in [0.15, 0.2) is 39.2 Å². The molecule has 4 heterocycles. The second kappa shape index (κ2) is 10.4. The van der Waals surface area contributed by atoms with E-state index in [9.17, 15) is 29.1 Å². The van der Waals surface area contributed by atoms with Crippen LogP contribution in [0.2, 0.25) is 0 Å². The largest absolute Gasteiger partial charge is 0.481 e. The zero-order valence-electron chi connectivity index (χ0n) is 18.3. The number of nitrogens with one attached hydrogen (secondary N) is 1. The molecule has 0 aromatic carbocycles. The van der Waals surface area contributed by atoms with Crippen LogP contribution >= 0.6 is 23.5 Å². The number of carboxylic acids is 3. The third-order valence-corrected chi connectivity index (χ3v) is 7.65. The van der Waals surface area contributed by atoms with Crippen LogP contribution < -0.4 is 5.32 Å². The Morgan fingerprint density at radius 2 is 1.94 bits per heavy atom. The highest BCUT2D eigenvalue weighted by molar-refractivity contribution is 8.01. The quantitative estimate of drug-likeness (QED) is 0.214. The number of β-lactam (4-membered cyclic amide) rings is 1. The van der Waals surface area contributed by atoms with Crippen LogP contribution in [-0.4, -0.2) is 87.6 Å². The highest BCUT2D eigenvalue weighted by atomic mass is 32.2. The van der Waals surface area contributed by atoms with Crippen LogP contribution in [0.4, 0.5) is 0 Å². The number of carbonyl (C=O) groups excluding carboxylic acids is 2. The van der Waals surface area contributed by atoms with Crippen molar-refractivity contribution in [1.82, 2.24) is 25.0 Å². The van der Waals surface area contributed by atoms with Gasteiger partial charge in [0.2, 0.25) is 5.91 Å². The van der Waals surface area contributed by atoms with Crippen LogP contribution in [0.25, 0.3) is 0 Å². The number of fused-ring (bicyclic) bond motifs is 1. The molecule has 14 nitrogen and oxygen atoms in total. The Morgan fingerprint density at radius 1 is 1.17 bits per heavy atom. The first-order valence-corrected chi connectivity index (χ1v) is 12.4. The summed E-state index contributed by atoms with van der Waals surface area (Å²) in [5, 5.41) is 37.7. The number of aromatic nitrogens is 3. The number of thioether (sulfide) groups is 2. The third kappa shape index (κ3) is 5.23. The number of hydrogen-bond acceptors (Lipinski definition) is 10. The summed E-state index contributed by atoms with van der Waals surface area (Å²) in [6, 6.07) is 2.38. The molecule has 1 fully saturated rings. The van der Waals surface area contributed by atoms with Crippen molar-refractivity contribution in [3.63, 3.8) is 0 Å². The fraction of sp³-hybridized carbons (Fsp3) is 0.350. The molecule has 2 amide bonds. The van der Waals surface area contributed by atoms with E-state index < -0.39 is 54.1 Å². The summed E-state index contributed by atoms with van der Waals surface area (Å²) in [6.07, 6.45) is 0.839. The summed E-state index contributed by atoms with van der Waals surface area (Å²) in [4.78, 5) is 60.5. The lowest BCUT2D eigenvalue weighted by atomic mass is 10.0. The number of carboxylic acid groups (broad SMARTS) is 3. The smallest absolute Gasteiger partial charge is 0.352 e. The van der Waals surface area contributed by atoms with Crippen molar-refractivity contribution in [2.75, 3.05) is 11.5 Å². The Morgan fingerprint density at radius 3 is 2.58 bits per heavy atom. The molecule has 190 valence electrons. The molecule has 0 spiro atoms. The SMILES string of the molecule is O=C(O)Cc1nnc(SCC2=C(C(=O)O)N3C(=O)[C@@H](NC(=O)Cc4ccco4)[C@H]3SC2)n1CC(=O)O. The van der Waals surface area contributed by atoms with Gasteiger partial charge in [0.15, 0.2) is 5.16 Å². The maximum absolute atomic E-state index is 12.8. The van der Waals surface area contributed by atoms with Gasteiger partial charge in [0, 0.05) is 11.5 Å². The monoisotopic (exact) mass is 537 g/mol. The molecule has 0 bridgehead atoms. The number of carbonyl (C=O) groups is 5. The Bertz CT molecular complexity index is 1260. The zero-order valence-corrected chi connectivity index (χ0v) is 20.0. The minimum atomic E-state index is -1.32. The van der Waals surface area contributed by atoms with Crippen LogP contribution in [0.1, 0.15) is 11.6 Å². The highest BCUT2D eigenvalue weighted by Crippen LogP contribution is 2.41. The van der Waals surface area contributed by atoms with Gasteiger partial charge in [0.05, 0.1) is 12.7 Å². The molecule has 0 saturated carbocycles. The lowest BCUT2D eigenvalue weighted by Crippen LogP contribution is -2.70. The molecule has 4 N–H and O–H groups in total. The first-order valence-electron chi connectivity index (χ1n) is 10.4. The maximum Gasteiger partial charge on any atom is 0.352 e. The minimum absolute atomic E-state index is 0.0471. The molecule has 2 aromatic rings. The van der Waals surface area contributed by atoms with Crippen LogP contribution in [0, 0.1) is 0 Å². The standard InChI is InChI=1S/C20H19N5O9S2/c26-12(4-10-2-1-3-34-10)21-15-17(31)25-16(19(32)33)9(7-35-18(15)25)8-36-20-23-22-11(5-13(27)28)24(20)6-14(29)30/h1-3,15,18H,4-8H2,(H,21,26)(H,27,28)(H,29,30)(H,32,33)/t15-,18-/m1/s1. The van der Waals surface area contributed by atoms with Gasteiger partial charge in [0.1, 0.15) is 41.7 Å². The normalized spacial score (nSPS) is 19.0. The first kappa shape index (κ1) is 25.3. The lowest BCUT2D eigenvalue weighted by molar-refractivity contribution is -0.150. The van der Waals surface area contributed by atoms with E-state index in [0.717, 1.165) is 21.2 Å². The predicted octanol–water partition coefficient (Wildman–Crippen LogP) is -0.344. The molecule has 0 unspecified atom stereocenters.